The first-order valence-electron chi connectivity index (χ1n) is 7.64. The van der Waals surface area contributed by atoms with E-state index in [1.165, 1.54) is 5.56 Å². The van der Waals surface area contributed by atoms with Crippen LogP contribution in [0.15, 0.2) is 18.6 Å². The van der Waals surface area contributed by atoms with Crippen molar-refractivity contribution in [1.82, 2.24) is 24.6 Å². The molecular formula is C15H21ClN6. The van der Waals surface area contributed by atoms with Crippen LogP contribution >= 0.6 is 11.6 Å². The van der Waals surface area contributed by atoms with E-state index in [1.54, 1.807) is 12.4 Å². The highest BCUT2D eigenvalue weighted by Crippen LogP contribution is 2.21. The fourth-order valence-corrected chi connectivity index (χ4v) is 2.99. The molecule has 1 saturated heterocycles. The molecule has 3 rings (SSSR count). The second-order valence-electron chi connectivity index (χ2n) is 5.53. The van der Waals surface area contributed by atoms with Crippen LogP contribution in [0, 0.1) is 6.92 Å². The predicted molar refractivity (Wildman–Crippen MR) is 87.2 cm³/mol. The zero-order valence-electron chi connectivity index (χ0n) is 13.0. The van der Waals surface area contributed by atoms with Gasteiger partial charge in [0.05, 0.1) is 5.69 Å². The van der Waals surface area contributed by atoms with Crippen molar-refractivity contribution >= 4 is 17.4 Å². The highest BCUT2D eigenvalue weighted by atomic mass is 35.5. The lowest BCUT2D eigenvalue weighted by Gasteiger charge is -2.35. The number of aromatic nitrogens is 4. The van der Waals surface area contributed by atoms with Crippen LogP contribution in [-0.4, -0.2) is 50.8 Å². The van der Waals surface area contributed by atoms with Crippen molar-refractivity contribution in [3.8, 4) is 0 Å². The third kappa shape index (κ3) is 3.23. The molecule has 2 aromatic heterocycles. The highest BCUT2D eigenvalue weighted by molar-refractivity contribution is 6.31. The summed E-state index contributed by atoms with van der Waals surface area (Å²) in [7, 11) is 0. The SMILES string of the molecule is CCn1cc(CN2CCN(c3nccnc3Cl)CC2)c(C)n1. The van der Waals surface area contributed by atoms with Crippen molar-refractivity contribution < 1.29 is 0 Å². The number of hydrogen-bond acceptors (Lipinski definition) is 5. The van der Waals surface area contributed by atoms with Gasteiger partial charge in [-0.1, -0.05) is 11.6 Å². The van der Waals surface area contributed by atoms with Gasteiger partial charge in [-0.05, 0) is 13.8 Å². The molecule has 0 atom stereocenters. The van der Waals surface area contributed by atoms with Gasteiger partial charge in [-0.25, -0.2) is 9.97 Å². The molecule has 0 unspecified atom stereocenters. The fourth-order valence-electron chi connectivity index (χ4n) is 2.76. The second kappa shape index (κ2) is 6.62. The number of nitrogens with zero attached hydrogens (tertiary/aromatic N) is 6. The lowest BCUT2D eigenvalue weighted by molar-refractivity contribution is 0.249. The van der Waals surface area contributed by atoms with Crippen LogP contribution in [0.2, 0.25) is 5.15 Å². The van der Waals surface area contributed by atoms with Crippen molar-refractivity contribution in [2.75, 3.05) is 31.1 Å². The van der Waals surface area contributed by atoms with Gasteiger partial charge in [0.1, 0.15) is 0 Å². The zero-order valence-corrected chi connectivity index (χ0v) is 13.8. The number of halogens is 1. The fraction of sp³-hybridized carbons (Fsp3) is 0.533. The summed E-state index contributed by atoms with van der Waals surface area (Å²) in [4.78, 5) is 13.1. The maximum Gasteiger partial charge on any atom is 0.171 e. The van der Waals surface area contributed by atoms with Crippen molar-refractivity contribution in [3.63, 3.8) is 0 Å². The first kappa shape index (κ1) is 15.2. The maximum absolute atomic E-state index is 6.12. The lowest BCUT2D eigenvalue weighted by Crippen LogP contribution is -2.46. The van der Waals surface area contributed by atoms with Crippen molar-refractivity contribution in [3.05, 3.63) is 35.0 Å². The Balaban J connectivity index is 1.60. The van der Waals surface area contributed by atoms with Crippen LogP contribution in [0.25, 0.3) is 0 Å². The number of rotatable bonds is 4. The van der Waals surface area contributed by atoms with Crippen LogP contribution in [0.1, 0.15) is 18.2 Å². The van der Waals surface area contributed by atoms with E-state index in [2.05, 4.69) is 44.9 Å². The lowest BCUT2D eigenvalue weighted by atomic mass is 10.2. The summed E-state index contributed by atoms with van der Waals surface area (Å²) in [5.74, 6) is 0.791. The average molecular weight is 321 g/mol. The summed E-state index contributed by atoms with van der Waals surface area (Å²) in [6.07, 6.45) is 5.47. The largest absolute Gasteiger partial charge is 0.351 e. The van der Waals surface area contributed by atoms with E-state index < -0.39 is 0 Å². The Morgan fingerprint density at radius 1 is 1.14 bits per heavy atom. The van der Waals surface area contributed by atoms with E-state index in [4.69, 9.17) is 11.6 Å². The maximum atomic E-state index is 6.12. The molecule has 118 valence electrons. The van der Waals surface area contributed by atoms with E-state index in [9.17, 15) is 0 Å². The van der Waals surface area contributed by atoms with E-state index in [-0.39, 0.29) is 0 Å². The molecule has 0 N–H and O–H groups in total. The number of hydrogen-bond donors (Lipinski definition) is 0. The molecule has 0 aromatic carbocycles. The van der Waals surface area contributed by atoms with Gasteiger partial charge in [0.25, 0.3) is 0 Å². The molecule has 6 nitrogen and oxygen atoms in total. The number of piperazine rings is 1. The summed E-state index contributed by atoms with van der Waals surface area (Å²) < 4.78 is 2.00. The first-order chi connectivity index (χ1) is 10.7. The number of aryl methyl sites for hydroxylation is 2. The quantitative estimate of drug-likeness (QED) is 0.862. The molecule has 0 aliphatic carbocycles. The summed E-state index contributed by atoms with van der Waals surface area (Å²) in [6.45, 7) is 9.87. The topological polar surface area (TPSA) is 50.1 Å². The Morgan fingerprint density at radius 3 is 2.50 bits per heavy atom. The Labute approximate surface area is 135 Å². The monoisotopic (exact) mass is 320 g/mol. The van der Waals surface area contributed by atoms with E-state index >= 15 is 0 Å². The third-order valence-electron chi connectivity index (χ3n) is 4.07. The van der Waals surface area contributed by atoms with Crippen LogP contribution in [0.5, 0.6) is 0 Å². The molecule has 3 heterocycles. The Hall–Kier alpha value is -1.66. The van der Waals surface area contributed by atoms with Gasteiger partial charge in [0.15, 0.2) is 11.0 Å². The standard InChI is InChI=1S/C15H21ClN6/c1-3-22-11-13(12(2)19-22)10-20-6-8-21(9-7-20)15-14(16)17-4-5-18-15/h4-5,11H,3,6-10H2,1-2H3. The second-order valence-corrected chi connectivity index (χ2v) is 5.89. The van der Waals surface area contributed by atoms with E-state index in [0.29, 0.717) is 5.15 Å². The summed E-state index contributed by atoms with van der Waals surface area (Å²) in [5, 5.41) is 5.00. The molecule has 0 saturated carbocycles. The normalized spacial score (nSPS) is 16.2. The molecule has 1 aliphatic heterocycles. The molecule has 0 spiro atoms. The predicted octanol–water partition coefficient (Wildman–Crippen LogP) is 1.98. The van der Waals surface area contributed by atoms with Crippen molar-refractivity contribution in [2.24, 2.45) is 0 Å². The van der Waals surface area contributed by atoms with Gasteiger partial charge in [0.2, 0.25) is 0 Å². The first-order valence-corrected chi connectivity index (χ1v) is 8.02. The highest BCUT2D eigenvalue weighted by Gasteiger charge is 2.21. The average Bonchev–Trinajstić information content (AvgIpc) is 2.89. The van der Waals surface area contributed by atoms with Gasteiger partial charge in [-0.2, -0.15) is 5.10 Å². The van der Waals surface area contributed by atoms with Crippen LogP contribution in [0.3, 0.4) is 0 Å². The third-order valence-corrected chi connectivity index (χ3v) is 4.34. The minimum absolute atomic E-state index is 0.482. The van der Waals surface area contributed by atoms with Crippen molar-refractivity contribution in [2.45, 2.75) is 26.9 Å². The molecule has 0 bridgehead atoms. The smallest absolute Gasteiger partial charge is 0.171 e. The summed E-state index contributed by atoms with van der Waals surface area (Å²) >= 11 is 6.12. The minimum atomic E-state index is 0.482. The minimum Gasteiger partial charge on any atom is -0.351 e. The van der Waals surface area contributed by atoms with Crippen molar-refractivity contribution in [1.29, 1.82) is 0 Å². The molecular weight excluding hydrogens is 300 g/mol. The Bertz CT molecular complexity index is 633. The van der Waals surface area contributed by atoms with Gasteiger partial charge in [0, 0.05) is 63.4 Å². The van der Waals surface area contributed by atoms with Gasteiger partial charge >= 0.3 is 0 Å². The van der Waals surface area contributed by atoms with Crippen LogP contribution in [-0.2, 0) is 13.1 Å². The van der Waals surface area contributed by atoms with E-state index in [1.807, 2.05) is 4.68 Å². The molecule has 0 amide bonds. The molecule has 7 heteroatoms. The van der Waals surface area contributed by atoms with Gasteiger partial charge in [-0.3, -0.25) is 9.58 Å². The Morgan fingerprint density at radius 2 is 1.86 bits per heavy atom. The summed E-state index contributed by atoms with van der Waals surface area (Å²) in [6, 6.07) is 0. The molecule has 2 aromatic rings. The summed E-state index contributed by atoms with van der Waals surface area (Å²) in [5.41, 5.74) is 2.44. The van der Waals surface area contributed by atoms with Crippen LogP contribution < -0.4 is 4.90 Å². The number of anilines is 1. The Kier molecular flexibility index (Phi) is 4.59. The molecule has 22 heavy (non-hydrogen) atoms. The molecule has 1 fully saturated rings. The molecule has 0 radical (unpaired) electrons. The van der Waals surface area contributed by atoms with Gasteiger partial charge < -0.3 is 4.90 Å². The van der Waals surface area contributed by atoms with Crippen LogP contribution in [0.4, 0.5) is 5.82 Å². The van der Waals surface area contributed by atoms with Gasteiger partial charge in [-0.15, -0.1) is 0 Å². The molecule has 1 aliphatic rings. The van der Waals surface area contributed by atoms with E-state index in [0.717, 1.165) is 50.8 Å². The zero-order chi connectivity index (χ0) is 15.5.